The maximum atomic E-state index is 4.58. The van der Waals surface area contributed by atoms with Crippen molar-refractivity contribution in [2.75, 3.05) is 0 Å². The minimum absolute atomic E-state index is 0.0171. The number of aromatic nitrogens is 3. The number of rotatable bonds is 5. The molecular formula is C18H21N7. The van der Waals surface area contributed by atoms with Crippen LogP contribution >= 0.6 is 0 Å². The van der Waals surface area contributed by atoms with Gasteiger partial charge in [-0.1, -0.05) is 37.3 Å². The zero-order chi connectivity index (χ0) is 17.1. The normalized spacial score (nSPS) is 16.2. The van der Waals surface area contributed by atoms with Crippen LogP contribution in [0.4, 0.5) is 0 Å². The molecule has 128 valence electrons. The van der Waals surface area contributed by atoms with E-state index in [0.29, 0.717) is 0 Å². The van der Waals surface area contributed by atoms with Gasteiger partial charge in [-0.3, -0.25) is 4.98 Å². The van der Waals surface area contributed by atoms with Crippen LogP contribution in [0.25, 0.3) is 11.4 Å². The van der Waals surface area contributed by atoms with Gasteiger partial charge in [0.25, 0.3) is 0 Å². The van der Waals surface area contributed by atoms with Gasteiger partial charge in [-0.2, -0.15) is 11.1 Å². The van der Waals surface area contributed by atoms with E-state index in [2.05, 4.69) is 73.8 Å². The van der Waals surface area contributed by atoms with Gasteiger partial charge in [0.2, 0.25) is 0 Å². The van der Waals surface area contributed by atoms with Crippen molar-refractivity contribution in [2.45, 2.75) is 25.6 Å². The summed E-state index contributed by atoms with van der Waals surface area (Å²) < 4.78 is 2.16. The molecule has 25 heavy (non-hydrogen) atoms. The average Bonchev–Trinajstić information content (AvgIpc) is 3.36. The first kappa shape index (κ1) is 15.9. The molecule has 1 aliphatic heterocycles. The Bertz CT molecular complexity index is 824. The molecule has 7 heteroatoms. The number of nitrogens with zero attached hydrogens (tertiary/aromatic N) is 3. The summed E-state index contributed by atoms with van der Waals surface area (Å²) >= 11 is 0. The van der Waals surface area contributed by atoms with Gasteiger partial charge < -0.3 is 4.57 Å². The fourth-order valence-corrected chi connectivity index (χ4v) is 3.12. The first-order chi connectivity index (χ1) is 12.3. The van der Waals surface area contributed by atoms with Crippen LogP contribution in [-0.2, 0) is 0 Å². The SMILES string of the molecule is CCC(c1ccccc1)n1cnc(-c2cc(C3NNNN3)ccn2)c1. The number of pyridine rings is 1. The van der Waals surface area contributed by atoms with Crippen LogP contribution in [0.5, 0.6) is 0 Å². The molecule has 1 fully saturated rings. The summed E-state index contributed by atoms with van der Waals surface area (Å²) in [6.07, 6.45) is 6.75. The van der Waals surface area contributed by atoms with Gasteiger partial charge in [-0.15, -0.1) is 0 Å². The Morgan fingerprint density at radius 3 is 2.60 bits per heavy atom. The Balaban J connectivity index is 1.61. The van der Waals surface area contributed by atoms with Crippen LogP contribution in [0.2, 0.25) is 0 Å². The number of imidazole rings is 1. The van der Waals surface area contributed by atoms with Crippen LogP contribution in [0.3, 0.4) is 0 Å². The Kier molecular flexibility index (Phi) is 4.53. The van der Waals surface area contributed by atoms with Crippen LogP contribution < -0.4 is 21.9 Å². The van der Waals surface area contributed by atoms with Gasteiger partial charge in [-0.25, -0.2) is 15.8 Å². The second-order valence-electron chi connectivity index (χ2n) is 5.99. The largest absolute Gasteiger partial charge is 0.329 e. The van der Waals surface area contributed by atoms with Crippen molar-refractivity contribution in [3.05, 3.63) is 72.3 Å². The Morgan fingerprint density at radius 2 is 1.84 bits per heavy atom. The number of benzene rings is 1. The highest BCUT2D eigenvalue weighted by Crippen LogP contribution is 2.25. The van der Waals surface area contributed by atoms with Gasteiger partial charge in [0.15, 0.2) is 0 Å². The van der Waals surface area contributed by atoms with Crippen molar-refractivity contribution in [3.63, 3.8) is 0 Å². The summed E-state index contributed by atoms with van der Waals surface area (Å²) in [7, 11) is 0. The highest BCUT2D eigenvalue weighted by molar-refractivity contribution is 5.54. The van der Waals surface area contributed by atoms with E-state index in [1.54, 1.807) is 6.20 Å². The number of nitrogens with one attached hydrogen (secondary N) is 4. The third kappa shape index (κ3) is 3.31. The summed E-state index contributed by atoms with van der Waals surface area (Å²) in [6.45, 7) is 2.19. The molecule has 4 N–H and O–H groups in total. The minimum atomic E-state index is -0.0171. The number of hydrogen-bond donors (Lipinski definition) is 4. The monoisotopic (exact) mass is 335 g/mol. The van der Waals surface area contributed by atoms with E-state index in [9.17, 15) is 0 Å². The van der Waals surface area contributed by atoms with Crippen molar-refractivity contribution >= 4 is 0 Å². The predicted octanol–water partition coefficient (Wildman–Crippen LogP) is 2.06. The lowest BCUT2D eigenvalue weighted by Crippen LogP contribution is -2.33. The standard InChI is InChI=1S/C18H21N7/c1-2-17(13-6-4-3-5-7-13)25-11-16(20-12-25)15-10-14(8-9-19-15)18-21-23-24-22-18/h3-12,17-18,21-24H,2H2,1H3. The third-order valence-corrected chi connectivity index (χ3v) is 4.41. The first-order valence-corrected chi connectivity index (χ1v) is 8.41. The molecule has 1 unspecified atom stereocenters. The molecule has 1 aliphatic rings. The van der Waals surface area contributed by atoms with E-state index in [1.165, 1.54) is 5.56 Å². The molecule has 0 spiro atoms. The fraction of sp³-hybridized carbons (Fsp3) is 0.222. The predicted molar refractivity (Wildman–Crippen MR) is 95.6 cm³/mol. The van der Waals surface area contributed by atoms with E-state index < -0.39 is 0 Å². The summed E-state index contributed by atoms with van der Waals surface area (Å²) in [6, 6.07) is 14.8. The Labute approximate surface area is 146 Å². The summed E-state index contributed by atoms with van der Waals surface area (Å²) in [5.74, 6) is 0. The van der Waals surface area contributed by atoms with Crippen molar-refractivity contribution < 1.29 is 0 Å². The maximum Gasteiger partial charge on any atom is 0.111 e. The number of hydrogen-bond acceptors (Lipinski definition) is 6. The van der Waals surface area contributed by atoms with Crippen molar-refractivity contribution in [3.8, 4) is 11.4 Å². The minimum Gasteiger partial charge on any atom is -0.329 e. The van der Waals surface area contributed by atoms with Crippen LogP contribution in [-0.4, -0.2) is 14.5 Å². The number of hydrazine groups is 3. The van der Waals surface area contributed by atoms with Gasteiger partial charge in [-0.05, 0) is 29.7 Å². The van der Waals surface area contributed by atoms with E-state index >= 15 is 0 Å². The quantitative estimate of drug-likeness (QED) is 0.572. The molecule has 0 bridgehead atoms. The molecule has 7 nitrogen and oxygen atoms in total. The molecule has 1 aromatic carbocycles. The van der Waals surface area contributed by atoms with Gasteiger partial charge >= 0.3 is 0 Å². The molecule has 0 radical (unpaired) electrons. The van der Waals surface area contributed by atoms with E-state index in [0.717, 1.165) is 23.4 Å². The first-order valence-electron chi connectivity index (χ1n) is 8.41. The van der Waals surface area contributed by atoms with Crippen molar-refractivity contribution in [1.82, 2.24) is 36.5 Å². The Morgan fingerprint density at radius 1 is 1.04 bits per heavy atom. The highest BCUT2D eigenvalue weighted by atomic mass is 15.8. The van der Waals surface area contributed by atoms with E-state index in [4.69, 9.17) is 0 Å². The molecule has 1 saturated heterocycles. The molecule has 0 saturated carbocycles. The average molecular weight is 335 g/mol. The van der Waals surface area contributed by atoms with Crippen LogP contribution in [0.15, 0.2) is 61.2 Å². The molecule has 3 aromatic rings. The second kappa shape index (κ2) is 7.12. The maximum absolute atomic E-state index is 4.58. The lowest BCUT2D eigenvalue weighted by atomic mass is 10.0. The molecule has 0 aliphatic carbocycles. The lowest BCUT2D eigenvalue weighted by molar-refractivity contribution is 0.554. The van der Waals surface area contributed by atoms with Gasteiger partial charge in [0, 0.05) is 12.4 Å². The highest BCUT2D eigenvalue weighted by Gasteiger charge is 2.17. The zero-order valence-electron chi connectivity index (χ0n) is 14.0. The summed E-state index contributed by atoms with van der Waals surface area (Å²) in [5.41, 5.74) is 15.9. The van der Waals surface area contributed by atoms with E-state index in [-0.39, 0.29) is 12.2 Å². The second-order valence-corrected chi connectivity index (χ2v) is 5.99. The summed E-state index contributed by atoms with van der Waals surface area (Å²) in [4.78, 5) is 9.06. The van der Waals surface area contributed by atoms with Gasteiger partial charge in [0.05, 0.1) is 18.1 Å². The molecular weight excluding hydrogens is 314 g/mol. The topological polar surface area (TPSA) is 78.8 Å². The smallest absolute Gasteiger partial charge is 0.111 e. The third-order valence-electron chi connectivity index (χ3n) is 4.41. The van der Waals surface area contributed by atoms with Crippen LogP contribution in [0, 0.1) is 0 Å². The van der Waals surface area contributed by atoms with Crippen molar-refractivity contribution in [2.24, 2.45) is 0 Å². The molecule has 2 aromatic heterocycles. The van der Waals surface area contributed by atoms with Crippen LogP contribution in [0.1, 0.15) is 36.7 Å². The Hall–Kier alpha value is -2.58. The lowest BCUT2D eigenvalue weighted by Gasteiger charge is -2.16. The molecule has 3 heterocycles. The fourth-order valence-electron chi connectivity index (χ4n) is 3.12. The zero-order valence-corrected chi connectivity index (χ0v) is 14.0. The van der Waals surface area contributed by atoms with Crippen molar-refractivity contribution in [1.29, 1.82) is 0 Å². The van der Waals surface area contributed by atoms with E-state index in [1.807, 2.05) is 24.5 Å². The molecule has 1 atom stereocenters. The molecule has 0 amide bonds. The van der Waals surface area contributed by atoms with Gasteiger partial charge in [0.1, 0.15) is 11.9 Å². The summed E-state index contributed by atoms with van der Waals surface area (Å²) in [5, 5.41) is 0. The molecule has 4 rings (SSSR count).